The lowest BCUT2D eigenvalue weighted by Crippen LogP contribution is -2.40. The molecule has 1 aromatic rings. The maximum atomic E-state index is 12.5. The first-order valence-electron chi connectivity index (χ1n) is 6.98. The third kappa shape index (κ3) is 3.40. The van der Waals surface area contributed by atoms with Gasteiger partial charge >= 0.3 is 5.97 Å². The second-order valence-corrected chi connectivity index (χ2v) is 5.10. The number of nitrogens with zero attached hydrogens (tertiary/aromatic N) is 1. The van der Waals surface area contributed by atoms with Gasteiger partial charge in [-0.2, -0.15) is 0 Å². The number of nitro benzene ring substituents is 1. The summed E-state index contributed by atoms with van der Waals surface area (Å²) in [7, 11) is 1.16. The highest BCUT2D eigenvalue weighted by Gasteiger charge is 2.36. The number of ether oxygens (including phenoxy) is 1. The van der Waals surface area contributed by atoms with Gasteiger partial charge in [0, 0.05) is 18.2 Å². The molecule has 0 spiro atoms. The van der Waals surface area contributed by atoms with Crippen LogP contribution in [0.4, 0.5) is 11.4 Å². The summed E-state index contributed by atoms with van der Waals surface area (Å²) in [5.41, 5.74) is -0.0548. The summed E-state index contributed by atoms with van der Waals surface area (Å²) in [6.45, 7) is 1.48. The first-order chi connectivity index (χ1) is 11.3. The van der Waals surface area contributed by atoms with Gasteiger partial charge in [-0.05, 0) is 13.0 Å². The molecule has 0 aliphatic carbocycles. The van der Waals surface area contributed by atoms with Crippen molar-refractivity contribution in [3.63, 3.8) is 0 Å². The fourth-order valence-electron chi connectivity index (χ4n) is 2.46. The van der Waals surface area contributed by atoms with Crippen molar-refractivity contribution in [3.8, 4) is 0 Å². The summed E-state index contributed by atoms with van der Waals surface area (Å²) in [5.74, 6) is -2.96. The molecule has 24 heavy (non-hydrogen) atoms. The molecule has 9 heteroatoms. The second kappa shape index (κ2) is 6.90. The summed E-state index contributed by atoms with van der Waals surface area (Å²) < 4.78 is 4.65. The lowest BCUT2D eigenvalue weighted by molar-refractivity contribution is -0.383. The molecule has 2 amide bonds. The van der Waals surface area contributed by atoms with Crippen molar-refractivity contribution in [1.82, 2.24) is 5.32 Å². The van der Waals surface area contributed by atoms with Gasteiger partial charge in [0.1, 0.15) is 5.69 Å². The first-order valence-corrected chi connectivity index (χ1v) is 6.98. The number of hydrogen-bond donors (Lipinski definition) is 2. The quantitative estimate of drug-likeness (QED) is 0.483. The number of rotatable bonds is 4. The smallest absolute Gasteiger partial charge is 0.336 e. The van der Waals surface area contributed by atoms with Crippen molar-refractivity contribution in [1.29, 1.82) is 0 Å². The molecular weight excluding hydrogens is 318 g/mol. The van der Waals surface area contributed by atoms with E-state index in [0.29, 0.717) is 0 Å². The predicted molar refractivity (Wildman–Crippen MR) is 82.7 cm³/mol. The minimum absolute atomic E-state index is 0.0136. The molecule has 2 N–H and O–H groups in total. The highest BCUT2D eigenvalue weighted by molar-refractivity contribution is 6.06. The van der Waals surface area contributed by atoms with Crippen molar-refractivity contribution in [2.75, 3.05) is 12.4 Å². The Morgan fingerprint density at radius 3 is 2.67 bits per heavy atom. The molecule has 1 atom stereocenters. The number of anilines is 1. The van der Waals surface area contributed by atoms with E-state index < -0.39 is 28.6 Å². The summed E-state index contributed by atoms with van der Waals surface area (Å²) in [6.07, 6.45) is -0.256. The fraction of sp³-hybridized carbons (Fsp3) is 0.267. The van der Waals surface area contributed by atoms with Gasteiger partial charge in [0.15, 0.2) is 0 Å². The first kappa shape index (κ1) is 17.1. The van der Waals surface area contributed by atoms with E-state index in [1.54, 1.807) is 0 Å². The number of carbonyl (C=O) groups is 3. The topological polar surface area (TPSA) is 128 Å². The van der Waals surface area contributed by atoms with E-state index in [4.69, 9.17) is 0 Å². The van der Waals surface area contributed by atoms with E-state index in [1.165, 1.54) is 31.2 Å². The zero-order chi connectivity index (χ0) is 17.9. The van der Waals surface area contributed by atoms with Gasteiger partial charge in [-0.25, -0.2) is 4.79 Å². The van der Waals surface area contributed by atoms with Gasteiger partial charge in [0.25, 0.3) is 5.69 Å². The van der Waals surface area contributed by atoms with Crippen LogP contribution in [0.25, 0.3) is 0 Å². The number of para-hydroxylation sites is 2. The van der Waals surface area contributed by atoms with Gasteiger partial charge in [0.2, 0.25) is 11.8 Å². The summed E-state index contributed by atoms with van der Waals surface area (Å²) in [5, 5.41) is 15.9. The zero-order valence-electron chi connectivity index (χ0n) is 13.0. The molecule has 0 radical (unpaired) electrons. The van der Waals surface area contributed by atoms with Crippen LogP contribution in [0.3, 0.4) is 0 Å². The van der Waals surface area contributed by atoms with Crippen LogP contribution in [0, 0.1) is 16.0 Å². The van der Waals surface area contributed by atoms with E-state index in [9.17, 15) is 24.5 Å². The van der Waals surface area contributed by atoms with Crippen LogP contribution in [0.2, 0.25) is 0 Å². The highest BCUT2D eigenvalue weighted by Crippen LogP contribution is 2.28. The van der Waals surface area contributed by atoms with Crippen LogP contribution in [-0.2, 0) is 19.1 Å². The molecule has 1 aromatic carbocycles. The SMILES string of the molecule is COC(=O)C1=C(C)NC(=O)CC1C(=O)Nc1ccccc1[N+](=O)[O-]. The molecule has 0 saturated heterocycles. The van der Waals surface area contributed by atoms with E-state index in [2.05, 4.69) is 15.4 Å². The molecule has 9 nitrogen and oxygen atoms in total. The van der Waals surface area contributed by atoms with Gasteiger partial charge in [-0.15, -0.1) is 0 Å². The van der Waals surface area contributed by atoms with Crippen molar-refractivity contribution in [2.45, 2.75) is 13.3 Å². The monoisotopic (exact) mass is 333 g/mol. The normalized spacial score (nSPS) is 17.1. The molecule has 0 aromatic heterocycles. The van der Waals surface area contributed by atoms with Gasteiger partial charge < -0.3 is 15.4 Å². The van der Waals surface area contributed by atoms with Crippen LogP contribution in [0.5, 0.6) is 0 Å². The third-order valence-electron chi connectivity index (χ3n) is 3.55. The summed E-state index contributed by atoms with van der Waals surface area (Å²) in [6, 6.07) is 5.60. The Morgan fingerprint density at radius 2 is 2.04 bits per heavy atom. The predicted octanol–water partition coefficient (Wildman–Crippen LogP) is 1.12. The van der Waals surface area contributed by atoms with Crippen molar-refractivity contribution >= 4 is 29.2 Å². The van der Waals surface area contributed by atoms with Crippen LogP contribution >= 0.6 is 0 Å². The Kier molecular flexibility index (Phi) is 4.93. The van der Waals surface area contributed by atoms with Crippen LogP contribution < -0.4 is 10.6 Å². The minimum atomic E-state index is -1.09. The molecular formula is C15H15N3O6. The number of nitro groups is 1. The molecule has 1 aliphatic heterocycles. The maximum absolute atomic E-state index is 12.5. The number of hydrogen-bond acceptors (Lipinski definition) is 6. The number of esters is 1. The lowest BCUT2D eigenvalue weighted by Gasteiger charge is -2.25. The van der Waals surface area contributed by atoms with Gasteiger partial charge in [-0.1, -0.05) is 12.1 Å². The average Bonchev–Trinajstić information content (AvgIpc) is 2.53. The van der Waals surface area contributed by atoms with Crippen LogP contribution in [-0.4, -0.2) is 29.8 Å². The summed E-state index contributed by atoms with van der Waals surface area (Å²) >= 11 is 0. The van der Waals surface area contributed by atoms with E-state index in [0.717, 1.165) is 7.11 Å². The molecule has 0 fully saturated rings. The van der Waals surface area contributed by atoms with E-state index in [-0.39, 0.29) is 29.1 Å². The van der Waals surface area contributed by atoms with Crippen molar-refractivity contribution in [2.24, 2.45) is 5.92 Å². The zero-order valence-corrected chi connectivity index (χ0v) is 13.0. The Hall–Kier alpha value is -3.23. The number of allylic oxidation sites excluding steroid dienone is 1. The molecule has 126 valence electrons. The Labute approximate surface area is 136 Å². The minimum Gasteiger partial charge on any atom is -0.466 e. The average molecular weight is 333 g/mol. The summed E-state index contributed by atoms with van der Waals surface area (Å²) in [4.78, 5) is 46.5. The van der Waals surface area contributed by atoms with Gasteiger partial charge in [0.05, 0.1) is 23.5 Å². The molecule has 0 bridgehead atoms. The Bertz CT molecular complexity index is 755. The molecule has 1 unspecified atom stereocenters. The maximum Gasteiger partial charge on any atom is 0.336 e. The number of carbonyl (C=O) groups excluding carboxylic acids is 3. The largest absolute Gasteiger partial charge is 0.466 e. The number of methoxy groups -OCH3 is 1. The molecule has 2 rings (SSSR count). The second-order valence-electron chi connectivity index (χ2n) is 5.10. The number of amides is 2. The van der Waals surface area contributed by atoms with Crippen LogP contribution in [0.1, 0.15) is 13.3 Å². The number of nitrogens with one attached hydrogen (secondary N) is 2. The fourth-order valence-corrected chi connectivity index (χ4v) is 2.46. The molecule has 0 saturated carbocycles. The van der Waals surface area contributed by atoms with Crippen LogP contribution in [0.15, 0.2) is 35.5 Å². The molecule has 1 heterocycles. The highest BCUT2D eigenvalue weighted by atomic mass is 16.6. The van der Waals surface area contributed by atoms with E-state index >= 15 is 0 Å². The van der Waals surface area contributed by atoms with E-state index in [1.807, 2.05) is 0 Å². The van der Waals surface area contributed by atoms with Gasteiger partial charge in [-0.3, -0.25) is 19.7 Å². The Balaban J connectivity index is 2.34. The standard InChI is InChI=1S/C15H15N3O6/c1-8-13(15(21)24-2)9(7-12(19)16-8)14(20)17-10-5-3-4-6-11(10)18(22)23/h3-6,9H,7H2,1-2H3,(H,16,19)(H,17,20). The van der Waals surface area contributed by atoms with Crippen molar-refractivity contribution in [3.05, 3.63) is 45.6 Å². The lowest BCUT2D eigenvalue weighted by atomic mass is 9.89. The Morgan fingerprint density at radius 1 is 1.38 bits per heavy atom. The molecule has 1 aliphatic rings. The number of benzene rings is 1. The third-order valence-corrected chi connectivity index (χ3v) is 3.55. The van der Waals surface area contributed by atoms with Crippen molar-refractivity contribution < 1.29 is 24.0 Å².